The number of para-hydroxylation sites is 3. The topological polar surface area (TPSA) is 38.8 Å². The molecule has 1 amide bonds. The maximum atomic E-state index is 12.4. The van der Waals surface area contributed by atoms with Gasteiger partial charge in [0.2, 0.25) is 5.91 Å². The molecule has 3 rings (SSSR count). The quantitative estimate of drug-likeness (QED) is 0.795. The zero-order chi connectivity index (χ0) is 15.2. The Kier molecular flexibility index (Phi) is 4.59. The van der Waals surface area contributed by atoms with Crippen LogP contribution in [0.15, 0.2) is 54.6 Å². The number of anilines is 1. The molecule has 1 aliphatic heterocycles. The minimum absolute atomic E-state index is 0.118. The summed E-state index contributed by atoms with van der Waals surface area (Å²) >= 11 is 0. The van der Waals surface area contributed by atoms with Crippen molar-refractivity contribution in [3.8, 4) is 11.5 Å². The van der Waals surface area contributed by atoms with Crippen LogP contribution in [0, 0.1) is 0 Å². The molecule has 0 saturated heterocycles. The predicted octanol–water partition coefficient (Wildman–Crippen LogP) is 3.27. The molecule has 0 saturated carbocycles. The van der Waals surface area contributed by atoms with Crippen molar-refractivity contribution in [1.29, 1.82) is 0 Å². The molecule has 1 aliphatic rings. The highest BCUT2D eigenvalue weighted by atomic mass is 16.5. The highest BCUT2D eigenvalue weighted by Crippen LogP contribution is 2.31. The Morgan fingerprint density at radius 2 is 1.86 bits per heavy atom. The fourth-order valence-corrected chi connectivity index (χ4v) is 2.49. The van der Waals surface area contributed by atoms with Crippen LogP contribution in [0.1, 0.15) is 12.8 Å². The Morgan fingerprint density at radius 3 is 2.73 bits per heavy atom. The van der Waals surface area contributed by atoms with Crippen LogP contribution in [0.25, 0.3) is 0 Å². The number of rotatable bonds is 5. The zero-order valence-corrected chi connectivity index (χ0v) is 12.4. The van der Waals surface area contributed by atoms with E-state index < -0.39 is 0 Å². The molecule has 4 heteroatoms. The molecule has 2 aromatic rings. The summed E-state index contributed by atoms with van der Waals surface area (Å²) in [6.07, 6.45) is 1.18. The number of amides is 1. The summed E-state index contributed by atoms with van der Waals surface area (Å²) in [5.74, 6) is 1.74. The fraction of sp³-hybridized carbons (Fsp3) is 0.278. The Labute approximate surface area is 130 Å². The smallest absolute Gasteiger partial charge is 0.227 e. The molecular weight excluding hydrogens is 278 g/mol. The third kappa shape index (κ3) is 3.39. The molecule has 0 fully saturated rings. The van der Waals surface area contributed by atoms with Gasteiger partial charge in [0.1, 0.15) is 18.1 Å². The molecule has 0 N–H and O–H groups in total. The van der Waals surface area contributed by atoms with Gasteiger partial charge in [-0.3, -0.25) is 4.79 Å². The highest BCUT2D eigenvalue weighted by Gasteiger charge is 2.22. The van der Waals surface area contributed by atoms with Gasteiger partial charge in [-0.25, -0.2) is 0 Å². The lowest BCUT2D eigenvalue weighted by Crippen LogP contribution is -2.37. The highest BCUT2D eigenvalue weighted by molar-refractivity contribution is 5.95. The van der Waals surface area contributed by atoms with E-state index in [9.17, 15) is 4.79 Å². The van der Waals surface area contributed by atoms with E-state index in [2.05, 4.69) is 0 Å². The maximum absolute atomic E-state index is 12.4. The molecule has 0 aromatic heterocycles. The third-order valence-corrected chi connectivity index (χ3v) is 3.58. The summed E-state index contributed by atoms with van der Waals surface area (Å²) in [7, 11) is 0. The lowest BCUT2D eigenvalue weighted by molar-refractivity contribution is -0.119. The first-order chi connectivity index (χ1) is 10.8. The molecular formula is C18H19NO3. The first-order valence-corrected chi connectivity index (χ1v) is 7.54. The molecule has 0 aliphatic carbocycles. The van der Waals surface area contributed by atoms with Gasteiger partial charge in [-0.05, 0) is 30.7 Å². The Balaban J connectivity index is 1.51. The lowest BCUT2D eigenvalue weighted by Gasteiger charge is -2.29. The minimum atomic E-state index is 0.118. The standard InChI is InChI=1S/C18H19NO3/c20-18(11-6-13-21-15-7-2-1-3-8-15)19-12-14-22-17-10-5-4-9-16(17)19/h1-5,7-10H,6,11-14H2. The average molecular weight is 297 g/mol. The molecule has 114 valence electrons. The number of benzene rings is 2. The van der Waals surface area contributed by atoms with E-state index >= 15 is 0 Å². The Morgan fingerprint density at radius 1 is 1.09 bits per heavy atom. The summed E-state index contributed by atoms with van der Waals surface area (Å²) in [6, 6.07) is 17.3. The van der Waals surface area contributed by atoms with Crippen LogP contribution in [0.2, 0.25) is 0 Å². The second kappa shape index (κ2) is 6.98. The van der Waals surface area contributed by atoms with Gasteiger partial charge in [-0.1, -0.05) is 30.3 Å². The Hall–Kier alpha value is -2.49. The van der Waals surface area contributed by atoms with Crippen molar-refractivity contribution in [1.82, 2.24) is 0 Å². The monoisotopic (exact) mass is 297 g/mol. The van der Waals surface area contributed by atoms with E-state index in [-0.39, 0.29) is 5.91 Å². The van der Waals surface area contributed by atoms with Crippen LogP contribution in [0.4, 0.5) is 5.69 Å². The summed E-state index contributed by atoms with van der Waals surface area (Å²) in [5, 5.41) is 0. The largest absolute Gasteiger partial charge is 0.494 e. The van der Waals surface area contributed by atoms with Gasteiger partial charge >= 0.3 is 0 Å². The lowest BCUT2D eigenvalue weighted by atomic mass is 10.2. The van der Waals surface area contributed by atoms with Crippen LogP contribution in [-0.2, 0) is 4.79 Å². The molecule has 0 spiro atoms. The molecule has 0 atom stereocenters. The molecule has 0 bridgehead atoms. The fourth-order valence-electron chi connectivity index (χ4n) is 2.49. The van der Waals surface area contributed by atoms with E-state index in [0.717, 1.165) is 17.2 Å². The Bertz CT molecular complexity index is 627. The van der Waals surface area contributed by atoms with E-state index in [1.807, 2.05) is 54.6 Å². The van der Waals surface area contributed by atoms with Gasteiger partial charge in [0.25, 0.3) is 0 Å². The summed E-state index contributed by atoms with van der Waals surface area (Å²) in [6.45, 7) is 1.69. The second-order valence-electron chi connectivity index (χ2n) is 5.13. The molecule has 2 aromatic carbocycles. The summed E-state index contributed by atoms with van der Waals surface area (Å²) in [4.78, 5) is 14.2. The van der Waals surface area contributed by atoms with Crippen molar-refractivity contribution in [3.05, 3.63) is 54.6 Å². The average Bonchev–Trinajstić information content (AvgIpc) is 2.59. The number of ether oxygens (including phenoxy) is 2. The van der Waals surface area contributed by atoms with Crippen LogP contribution >= 0.6 is 0 Å². The number of nitrogens with zero attached hydrogens (tertiary/aromatic N) is 1. The number of hydrogen-bond donors (Lipinski definition) is 0. The van der Waals surface area contributed by atoms with Crippen molar-refractivity contribution in [2.24, 2.45) is 0 Å². The summed E-state index contributed by atoms with van der Waals surface area (Å²) < 4.78 is 11.2. The number of fused-ring (bicyclic) bond motifs is 1. The normalized spacial score (nSPS) is 13.2. The van der Waals surface area contributed by atoms with Crippen molar-refractivity contribution in [3.63, 3.8) is 0 Å². The van der Waals surface area contributed by atoms with Gasteiger partial charge in [-0.15, -0.1) is 0 Å². The minimum Gasteiger partial charge on any atom is -0.494 e. The predicted molar refractivity (Wildman–Crippen MR) is 85.5 cm³/mol. The third-order valence-electron chi connectivity index (χ3n) is 3.58. The van der Waals surface area contributed by atoms with Crippen LogP contribution in [0.3, 0.4) is 0 Å². The molecule has 1 heterocycles. The molecule has 0 unspecified atom stereocenters. The van der Waals surface area contributed by atoms with Gasteiger partial charge in [0, 0.05) is 6.42 Å². The van der Waals surface area contributed by atoms with Crippen molar-refractivity contribution in [2.45, 2.75) is 12.8 Å². The van der Waals surface area contributed by atoms with Crippen molar-refractivity contribution >= 4 is 11.6 Å². The molecule has 22 heavy (non-hydrogen) atoms. The van der Waals surface area contributed by atoms with E-state index in [4.69, 9.17) is 9.47 Å². The van der Waals surface area contributed by atoms with Crippen LogP contribution in [0.5, 0.6) is 11.5 Å². The van der Waals surface area contributed by atoms with Crippen molar-refractivity contribution < 1.29 is 14.3 Å². The van der Waals surface area contributed by atoms with Gasteiger partial charge in [0.05, 0.1) is 18.8 Å². The van der Waals surface area contributed by atoms with Crippen LogP contribution in [-0.4, -0.2) is 25.7 Å². The van der Waals surface area contributed by atoms with E-state index in [0.29, 0.717) is 32.6 Å². The first-order valence-electron chi connectivity index (χ1n) is 7.54. The number of carbonyl (C=O) groups is 1. The van der Waals surface area contributed by atoms with Crippen LogP contribution < -0.4 is 14.4 Å². The van der Waals surface area contributed by atoms with Gasteiger partial charge < -0.3 is 14.4 Å². The molecule has 4 nitrogen and oxygen atoms in total. The second-order valence-corrected chi connectivity index (χ2v) is 5.13. The SMILES string of the molecule is O=C(CCCOc1ccccc1)N1CCOc2ccccc21. The summed E-state index contributed by atoms with van der Waals surface area (Å²) in [5.41, 5.74) is 0.864. The van der Waals surface area contributed by atoms with Gasteiger partial charge in [0.15, 0.2) is 0 Å². The first kappa shape index (κ1) is 14.4. The van der Waals surface area contributed by atoms with Crippen molar-refractivity contribution in [2.75, 3.05) is 24.7 Å². The van der Waals surface area contributed by atoms with E-state index in [1.165, 1.54) is 0 Å². The van der Waals surface area contributed by atoms with Gasteiger partial charge in [-0.2, -0.15) is 0 Å². The zero-order valence-electron chi connectivity index (χ0n) is 12.4. The number of carbonyl (C=O) groups excluding carboxylic acids is 1. The maximum Gasteiger partial charge on any atom is 0.227 e. The molecule has 0 radical (unpaired) electrons. The number of hydrogen-bond acceptors (Lipinski definition) is 3. The van der Waals surface area contributed by atoms with E-state index in [1.54, 1.807) is 4.90 Å².